The van der Waals surface area contributed by atoms with E-state index < -0.39 is 12.0 Å². The zero-order valence-corrected chi connectivity index (χ0v) is 6.16. The van der Waals surface area contributed by atoms with Gasteiger partial charge in [0.05, 0.1) is 5.69 Å². The predicted molar refractivity (Wildman–Crippen MR) is 41.1 cm³/mol. The van der Waals surface area contributed by atoms with Crippen LogP contribution < -0.4 is 5.32 Å². The number of hydrogen-bond donors (Lipinski definition) is 3. The van der Waals surface area contributed by atoms with Crippen molar-refractivity contribution in [3.63, 3.8) is 0 Å². The lowest BCUT2D eigenvalue weighted by Gasteiger charge is -2.03. The average Bonchev–Trinajstić information content (AvgIpc) is 2.39. The highest BCUT2D eigenvalue weighted by Gasteiger charge is 2.07. The minimum absolute atomic E-state index is 0.399. The zero-order chi connectivity index (χ0) is 8.27. The molecule has 11 heavy (non-hydrogen) atoms. The molecule has 1 atom stereocenters. The molecule has 4 nitrogen and oxygen atoms in total. The molecule has 1 amide bonds. The molecule has 3 N–H and O–H groups in total. The SMILES string of the molecule is CC(O)C(=O)Nc1cc[nH]c1. The fourth-order valence-corrected chi connectivity index (χ4v) is 0.648. The Morgan fingerprint density at radius 1 is 1.82 bits per heavy atom. The molecule has 1 heterocycles. The number of amides is 1. The second-order valence-corrected chi connectivity index (χ2v) is 2.26. The van der Waals surface area contributed by atoms with Crippen molar-refractivity contribution in [2.75, 3.05) is 5.32 Å². The number of aliphatic hydroxyl groups excluding tert-OH is 1. The lowest BCUT2D eigenvalue weighted by molar-refractivity contribution is -0.123. The maximum Gasteiger partial charge on any atom is 0.252 e. The molecule has 1 aromatic heterocycles. The first-order valence-electron chi connectivity index (χ1n) is 3.32. The third-order valence-corrected chi connectivity index (χ3v) is 1.24. The molecule has 0 saturated carbocycles. The highest BCUT2D eigenvalue weighted by molar-refractivity contribution is 5.93. The maximum absolute atomic E-state index is 10.8. The van der Waals surface area contributed by atoms with Crippen LogP contribution in [0.2, 0.25) is 0 Å². The molecule has 0 aromatic carbocycles. The first-order chi connectivity index (χ1) is 5.20. The van der Waals surface area contributed by atoms with E-state index >= 15 is 0 Å². The van der Waals surface area contributed by atoms with Crippen LogP contribution in [-0.2, 0) is 4.79 Å². The molecule has 0 bridgehead atoms. The number of aromatic nitrogens is 1. The van der Waals surface area contributed by atoms with Crippen molar-refractivity contribution in [3.05, 3.63) is 18.5 Å². The summed E-state index contributed by atoms with van der Waals surface area (Å²) in [6.45, 7) is 1.42. The Bertz CT molecular complexity index is 229. The molecule has 4 heteroatoms. The van der Waals surface area contributed by atoms with Crippen LogP contribution in [0.3, 0.4) is 0 Å². The van der Waals surface area contributed by atoms with Crippen molar-refractivity contribution in [2.45, 2.75) is 13.0 Å². The molecule has 1 rings (SSSR count). The quantitative estimate of drug-likeness (QED) is 0.575. The third-order valence-electron chi connectivity index (χ3n) is 1.24. The number of carbonyl (C=O) groups is 1. The molecule has 1 aromatic rings. The van der Waals surface area contributed by atoms with E-state index in [1.54, 1.807) is 18.5 Å². The molecule has 0 aliphatic carbocycles. The topological polar surface area (TPSA) is 65.1 Å². The monoisotopic (exact) mass is 154 g/mol. The maximum atomic E-state index is 10.8. The summed E-state index contributed by atoms with van der Waals surface area (Å²) in [5.74, 6) is -0.399. The molecule has 1 unspecified atom stereocenters. The normalized spacial score (nSPS) is 12.5. The number of aromatic amines is 1. The van der Waals surface area contributed by atoms with E-state index in [2.05, 4.69) is 10.3 Å². The van der Waals surface area contributed by atoms with Crippen molar-refractivity contribution in [1.29, 1.82) is 0 Å². The van der Waals surface area contributed by atoms with Gasteiger partial charge in [0.2, 0.25) is 0 Å². The fraction of sp³-hybridized carbons (Fsp3) is 0.286. The van der Waals surface area contributed by atoms with Crippen LogP contribution in [0, 0.1) is 0 Å². The molecule has 0 aliphatic heterocycles. The fourth-order valence-electron chi connectivity index (χ4n) is 0.648. The van der Waals surface area contributed by atoms with E-state index in [1.807, 2.05) is 0 Å². The minimum atomic E-state index is -0.968. The first kappa shape index (κ1) is 7.81. The number of anilines is 1. The highest BCUT2D eigenvalue weighted by Crippen LogP contribution is 2.03. The first-order valence-corrected chi connectivity index (χ1v) is 3.32. The van der Waals surface area contributed by atoms with Crippen LogP contribution >= 0.6 is 0 Å². The van der Waals surface area contributed by atoms with Crippen LogP contribution in [0.15, 0.2) is 18.5 Å². The van der Waals surface area contributed by atoms with Crippen molar-refractivity contribution < 1.29 is 9.90 Å². The largest absolute Gasteiger partial charge is 0.384 e. The van der Waals surface area contributed by atoms with Gasteiger partial charge in [0, 0.05) is 12.4 Å². The number of hydrogen-bond acceptors (Lipinski definition) is 2. The predicted octanol–water partition coefficient (Wildman–Crippen LogP) is 0.334. The number of rotatable bonds is 2. The molecule has 0 radical (unpaired) electrons. The molecular weight excluding hydrogens is 144 g/mol. The highest BCUT2D eigenvalue weighted by atomic mass is 16.3. The standard InChI is InChI=1S/C7H10N2O2/c1-5(10)7(11)9-6-2-3-8-4-6/h2-5,8,10H,1H3,(H,9,11). The van der Waals surface area contributed by atoms with Crippen molar-refractivity contribution >= 4 is 11.6 Å². The summed E-state index contributed by atoms with van der Waals surface area (Å²) in [5, 5.41) is 11.3. The summed E-state index contributed by atoms with van der Waals surface area (Å²) < 4.78 is 0. The Hall–Kier alpha value is -1.29. The van der Waals surface area contributed by atoms with Gasteiger partial charge < -0.3 is 15.4 Å². The number of carbonyl (C=O) groups excluding carboxylic acids is 1. The van der Waals surface area contributed by atoms with Crippen LogP contribution in [-0.4, -0.2) is 22.1 Å². The van der Waals surface area contributed by atoms with E-state index in [0.29, 0.717) is 5.69 Å². The zero-order valence-electron chi connectivity index (χ0n) is 6.16. The minimum Gasteiger partial charge on any atom is -0.384 e. The Labute approximate surface area is 64.2 Å². The van der Waals surface area contributed by atoms with Gasteiger partial charge in [-0.25, -0.2) is 0 Å². The summed E-state index contributed by atoms with van der Waals surface area (Å²) in [6, 6.07) is 1.71. The lowest BCUT2D eigenvalue weighted by Crippen LogP contribution is -2.24. The Morgan fingerprint density at radius 2 is 2.55 bits per heavy atom. The Morgan fingerprint density at radius 3 is 3.00 bits per heavy atom. The number of aliphatic hydroxyl groups is 1. The molecule has 60 valence electrons. The van der Waals surface area contributed by atoms with Gasteiger partial charge in [0.25, 0.3) is 5.91 Å². The lowest BCUT2D eigenvalue weighted by atomic mass is 10.4. The van der Waals surface area contributed by atoms with Crippen LogP contribution in [0.5, 0.6) is 0 Å². The van der Waals surface area contributed by atoms with E-state index in [-0.39, 0.29) is 0 Å². The average molecular weight is 154 g/mol. The molecule has 0 fully saturated rings. The summed E-state index contributed by atoms with van der Waals surface area (Å²) in [6.07, 6.45) is 2.36. The second kappa shape index (κ2) is 3.21. The van der Waals surface area contributed by atoms with Gasteiger partial charge in [-0.3, -0.25) is 4.79 Å². The molecule has 0 aliphatic rings. The van der Waals surface area contributed by atoms with Crippen LogP contribution in [0.25, 0.3) is 0 Å². The molecule has 0 spiro atoms. The van der Waals surface area contributed by atoms with E-state index in [0.717, 1.165) is 0 Å². The third kappa shape index (κ3) is 2.09. The van der Waals surface area contributed by atoms with Crippen LogP contribution in [0.1, 0.15) is 6.92 Å². The summed E-state index contributed by atoms with van der Waals surface area (Å²) >= 11 is 0. The van der Waals surface area contributed by atoms with Crippen molar-refractivity contribution in [1.82, 2.24) is 4.98 Å². The number of H-pyrrole nitrogens is 1. The number of nitrogens with one attached hydrogen (secondary N) is 2. The van der Waals surface area contributed by atoms with E-state index in [1.165, 1.54) is 6.92 Å². The van der Waals surface area contributed by atoms with E-state index in [4.69, 9.17) is 5.11 Å². The van der Waals surface area contributed by atoms with Gasteiger partial charge in [-0.2, -0.15) is 0 Å². The van der Waals surface area contributed by atoms with Gasteiger partial charge in [0.15, 0.2) is 0 Å². The van der Waals surface area contributed by atoms with E-state index in [9.17, 15) is 4.79 Å². The summed E-state index contributed by atoms with van der Waals surface area (Å²) in [7, 11) is 0. The van der Waals surface area contributed by atoms with Crippen molar-refractivity contribution in [3.8, 4) is 0 Å². The Kier molecular flexibility index (Phi) is 2.28. The molecular formula is C7H10N2O2. The van der Waals surface area contributed by atoms with Gasteiger partial charge in [-0.1, -0.05) is 0 Å². The summed E-state index contributed by atoms with van der Waals surface area (Å²) in [5.41, 5.74) is 0.663. The van der Waals surface area contributed by atoms with Gasteiger partial charge in [-0.05, 0) is 13.0 Å². The Balaban J connectivity index is 2.50. The van der Waals surface area contributed by atoms with Gasteiger partial charge >= 0.3 is 0 Å². The van der Waals surface area contributed by atoms with Gasteiger partial charge in [-0.15, -0.1) is 0 Å². The summed E-state index contributed by atoms with van der Waals surface area (Å²) in [4.78, 5) is 13.6. The van der Waals surface area contributed by atoms with Crippen molar-refractivity contribution in [2.24, 2.45) is 0 Å². The second-order valence-electron chi connectivity index (χ2n) is 2.26. The smallest absolute Gasteiger partial charge is 0.252 e. The van der Waals surface area contributed by atoms with Crippen LogP contribution in [0.4, 0.5) is 5.69 Å². The molecule has 0 saturated heterocycles. The van der Waals surface area contributed by atoms with Gasteiger partial charge in [0.1, 0.15) is 6.10 Å².